The molecule has 0 saturated carbocycles. The number of nitrogens with zero attached hydrogens (tertiary/aromatic N) is 1. The first-order valence-corrected chi connectivity index (χ1v) is 6.10. The summed E-state index contributed by atoms with van der Waals surface area (Å²) in [5.74, 6) is 0.782. The molecule has 1 aromatic carbocycles. The summed E-state index contributed by atoms with van der Waals surface area (Å²) in [5.41, 5.74) is 0.786. The fourth-order valence-electron chi connectivity index (χ4n) is 2.06. The molecule has 2 N–H and O–H groups in total. The number of hydrogen-bond donors (Lipinski definition) is 2. The topological polar surface area (TPSA) is 53.6 Å². The van der Waals surface area contributed by atoms with Gasteiger partial charge < -0.3 is 20.3 Å². The van der Waals surface area contributed by atoms with Crippen LogP contribution in [-0.4, -0.2) is 44.2 Å². The van der Waals surface area contributed by atoms with E-state index in [2.05, 4.69) is 10.6 Å². The van der Waals surface area contributed by atoms with Crippen LogP contribution in [0.5, 0.6) is 5.75 Å². The summed E-state index contributed by atoms with van der Waals surface area (Å²) in [6.07, 6.45) is 1.01. The van der Waals surface area contributed by atoms with Gasteiger partial charge in [-0.15, -0.1) is 12.4 Å². The van der Waals surface area contributed by atoms with E-state index in [1.807, 2.05) is 36.2 Å². The summed E-state index contributed by atoms with van der Waals surface area (Å²) in [7, 11) is 3.55. The molecule has 19 heavy (non-hydrogen) atoms. The maximum absolute atomic E-state index is 12.0. The second-order valence-corrected chi connectivity index (χ2v) is 4.38. The molecule has 0 aromatic heterocycles. The van der Waals surface area contributed by atoms with Crippen LogP contribution in [0.25, 0.3) is 0 Å². The Morgan fingerprint density at radius 2 is 2.05 bits per heavy atom. The molecule has 1 aliphatic rings. The third-order valence-electron chi connectivity index (χ3n) is 3.23. The van der Waals surface area contributed by atoms with Crippen LogP contribution in [0.4, 0.5) is 10.5 Å². The molecule has 5 nitrogen and oxygen atoms in total. The molecule has 0 bridgehead atoms. The van der Waals surface area contributed by atoms with Crippen LogP contribution in [0.3, 0.4) is 0 Å². The van der Waals surface area contributed by atoms with Gasteiger partial charge in [-0.2, -0.15) is 0 Å². The van der Waals surface area contributed by atoms with E-state index in [4.69, 9.17) is 4.74 Å². The molecule has 0 aliphatic carbocycles. The highest BCUT2D eigenvalue weighted by Gasteiger charge is 2.24. The zero-order chi connectivity index (χ0) is 13.0. The number of carbonyl (C=O) groups is 1. The third-order valence-corrected chi connectivity index (χ3v) is 3.23. The van der Waals surface area contributed by atoms with Crippen molar-refractivity contribution in [2.45, 2.75) is 12.5 Å². The van der Waals surface area contributed by atoms with E-state index < -0.39 is 0 Å². The van der Waals surface area contributed by atoms with E-state index in [0.29, 0.717) is 6.04 Å². The third kappa shape index (κ3) is 4.01. The van der Waals surface area contributed by atoms with Gasteiger partial charge in [-0.25, -0.2) is 4.79 Å². The Labute approximate surface area is 119 Å². The number of urea groups is 1. The normalized spacial score (nSPS) is 17.8. The highest BCUT2D eigenvalue weighted by molar-refractivity contribution is 5.89. The van der Waals surface area contributed by atoms with Gasteiger partial charge in [0.25, 0.3) is 0 Å². The Morgan fingerprint density at radius 1 is 1.37 bits per heavy atom. The summed E-state index contributed by atoms with van der Waals surface area (Å²) in [5, 5.41) is 6.07. The Hall–Kier alpha value is -1.46. The molecule has 1 saturated heterocycles. The molecule has 6 heteroatoms. The predicted molar refractivity (Wildman–Crippen MR) is 78.3 cm³/mol. The molecule has 1 aliphatic heterocycles. The van der Waals surface area contributed by atoms with Gasteiger partial charge in [-0.1, -0.05) is 0 Å². The molecule has 1 atom stereocenters. The number of likely N-dealkylation sites (N-methyl/N-ethyl adjacent to an activating group) is 1. The van der Waals surface area contributed by atoms with Gasteiger partial charge in [0, 0.05) is 24.8 Å². The van der Waals surface area contributed by atoms with Crippen molar-refractivity contribution in [3.8, 4) is 5.75 Å². The van der Waals surface area contributed by atoms with Crippen molar-refractivity contribution < 1.29 is 9.53 Å². The average Bonchev–Trinajstić information content (AvgIpc) is 2.88. The number of hydrogen-bond acceptors (Lipinski definition) is 3. The minimum absolute atomic E-state index is 0. The zero-order valence-corrected chi connectivity index (χ0v) is 12.0. The van der Waals surface area contributed by atoms with Gasteiger partial charge >= 0.3 is 6.03 Å². The molecule has 0 radical (unpaired) electrons. The first-order chi connectivity index (χ1) is 8.72. The largest absolute Gasteiger partial charge is 0.497 e. The van der Waals surface area contributed by atoms with Crippen molar-refractivity contribution in [2.75, 3.05) is 32.6 Å². The van der Waals surface area contributed by atoms with E-state index in [0.717, 1.165) is 30.9 Å². The smallest absolute Gasteiger partial charge is 0.321 e. The van der Waals surface area contributed by atoms with Crippen molar-refractivity contribution in [1.82, 2.24) is 10.2 Å². The Kier molecular flexibility index (Phi) is 5.92. The lowest BCUT2D eigenvalue weighted by atomic mass is 10.3. The molecule has 1 fully saturated rings. The number of nitrogens with one attached hydrogen (secondary N) is 2. The van der Waals surface area contributed by atoms with Crippen molar-refractivity contribution in [3.63, 3.8) is 0 Å². The number of benzene rings is 1. The van der Waals surface area contributed by atoms with E-state index in [9.17, 15) is 4.79 Å². The van der Waals surface area contributed by atoms with Crippen LogP contribution in [0.2, 0.25) is 0 Å². The maximum atomic E-state index is 12.0. The number of ether oxygens (including phenoxy) is 1. The van der Waals surface area contributed by atoms with Crippen LogP contribution < -0.4 is 15.4 Å². The second-order valence-electron chi connectivity index (χ2n) is 4.38. The van der Waals surface area contributed by atoms with Crippen LogP contribution in [-0.2, 0) is 0 Å². The summed E-state index contributed by atoms with van der Waals surface area (Å²) in [6.45, 7) is 1.56. The number of halogens is 1. The van der Waals surface area contributed by atoms with Crippen molar-refractivity contribution in [1.29, 1.82) is 0 Å². The van der Waals surface area contributed by atoms with Gasteiger partial charge in [-0.3, -0.25) is 0 Å². The summed E-state index contributed by atoms with van der Waals surface area (Å²) >= 11 is 0. The predicted octanol–water partition coefficient (Wildman–Crippen LogP) is 1.94. The quantitative estimate of drug-likeness (QED) is 0.892. The van der Waals surface area contributed by atoms with Crippen molar-refractivity contribution in [3.05, 3.63) is 24.3 Å². The molecule has 2 amide bonds. The number of anilines is 1. The minimum Gasteiger partial charge on any atom is -0.497 e. The SMILES string of the molecule is CN[C@@H]1CCN(C(=O)Nc2ccc(OC)cc2)C1.Cl. The number of carbonyl (C=O) groups excluding carboxylic acids is 1. The number of rotatable bonds is 3. The molecule has 2 rings (SSSR count). The molecule has 0 spiro atoms. The van der Waals surface area contributed by atoms with Gasteiger partial charge in [0.2, 0.25) is 0 Å². The van der Waals surface area contributed by atoms with E-state index in [1.165, 1.54) is 0 Å². The molecular weight excluding hydrogens is 266 g/mol. The second kappa shape index (κ2) is 7.21. The molecular formula is C13H20ClN3O2. The highest BCUT2D eigenvalue weighted by Crippen LogP contribution is 2.16. The lowest BCUT2D eigenvalue weighted by Gasteiger charge is -2.17. The number of amides is 2. The highest BCUT2D eigenvalue weighted by atomic mass is 35.5. The van der Waals surface area contributed by atoms with Crippen LogP contribution >= 0.6 is 12.4 Å². The van der Waals surface area contributed by atoms with Gasteiger partial charge in [0.1, 0.15) is 5.75 Å². The molecule has 0 unspecified atom stereocenters. The molecule has 106 valence electrons. The van der Waals surface area contributed by atoms with E-state index >= 15 is 0 Å². The number of methoxy groups -OCH3 is 1. The van der Waals surface area contributed by atoms with Crippen molar-refractivity contribution >= 4 is 24.1 Å². The van der Waals surface area contributed by atoms with E-state index in [1.54, 1.807) is 7.11 Å². The van der Waals surface area contributed by atoms with Crippen LogP contribution in [0.15, 0.2) is 24.3 Å². The summed E-state index contributed by atoms with van der Waals surface area (Å²) in [6, 6.07) is 7.70. The Bertz CT molecular complexity index is 411. The van der Waals surface area contributed by atoms with Gasteiger partial charge in [0.05, 0.1) is 7.11 Å². The fraction of sp³-hybridized carbons (Fsp3) is 0.462. The van der Waals surface area contributed by atoms with Gasteiger partial charge in [-0.05, 0) is 37.7 Å². The lowest BCUT2D eigenvalue weighted by molar-refractivity contribution is 0.221. The fourth-order valence-corrected chi connectivity index (χ4v) is 2.06. The lowest BCUT2D eigenvalue weighted by Crippen LogP contribution is -2.36. The zero-order valence-electron chi connectivity index (χ0n) is 11.2. The van der Waals surface area contributed by atoms with Crippen LogP contribution in [0, 0.1) is 0 Å². The first-order valence-electron chi connectivity index (χ1n) is 6.10. The first kappa shape index (κ1) is 15.6. The molecule has 1 aromatic rings. The van der Waals surface area contributed by atoms with E-state index in [-0.39, 0.29) is 18.4 Å². The standard InChI is InChI=1S/C13H19N3O2.ClH/c1-14-11-7-8-16(9-11)13(17)15-10-3-5-12(18-2)6-4-10;/h3-6,11,14H,7-9H2,1-2H3,(H,15,17);1H/t11-;/m1./s1. The van der Waals surface area contributed by atoms with Crippen molar-refractivity contribution in [2.24, 2.45) is 0 Å². The van der Waals surface area contributed by atoms with Gasteiger partial charge in [0.15, 0.2) is 0 Å². The Balaban J connectivity index is 0.00000180. The monoisotopic (exact) mass is 285 g/mol. The summed E-state index contributed by atoms with van der Waals surface area (Å²) in [4.78, 5) is 13.8. The Morgan fingerprint density at radius 3 is 2.58 bits per heavy atom. The minimum atomic E-state index is -0.0436. The average molecular weight is 286 g/mol. The maximum Gasteiger partial charge on any atom is 0.321 e. The summed E-state index contributed by atoms with van der Waals surface area (Å²) < 4.78 is 5.07. The number of likely N-dealkylation sites (tertiary alicyclic amines) is 1. The molecule has 1 heterocycles. The van der Waals surface area contributed by atoms with Crippen LogP contribution in [0.1, 0.15) is 6.42 Å².